The van der Waals surface area contributed by atoms with Crippen LogP contribution in [0.25, 0.3) is 33.9 Å². The Labute approximate surface area is 161 Å². The molecule has 27 heavy (non-hydrogen) atoms. The molecule has 136 valence electrons. The van der Waals surface area contributed by atoms with Crippen LogP contribution in [0.5, 0.6) is 11.5 Å². The van der Waals surface area contributed by atoms with Gasteiger partial charge in [0.25, 0.3) is 0 Å². The molecule has 0 aliphatic heterocycles. The number of aromatic amines is 2. The highest BCUT2D eigenvalue weighted by Gasteiger charge is 2.25. The summed E-state index contributed by atoms with van der Waals surface area (Å²) in [5.74, 6) is 2.45. The van der Waals surface area contributed by atoms with Gasteiger partial charge in [-0.1, -0.05) is 29.8 Å². The number of H-pyrrole nitrogens is 2. The molecule has 0 spiro atoms. The van der Waals surface area contributed by atoms with Crippen molar-refractivity contribution in [1.29, 1.82) is 0 Å². The number of nitrogens with zero attached hydrogens (tertiary/aromatic N) is 2. The number of ether oxygens (including phenoxy) is 2. The number of methoxy groups -OCH3 is 2. The van der Waals surface area contributed by atoms with Crippen molar-refractivity contribution < 1.29 is 9.47 Å². The molecular formula is C20H17ClN4O2. The Hall–Kier alpha value is -3.25. The van der Waals surface area contributed by atoms with Gasteiger partial charge >= 0.3 is 0 Å². The summed E-state index contributed by atoms with van der Waals surface area (Å²) in [5.41, 5.74) is 3.26. The maximum absolute atomic E-state index is 6.51. The normalized spacial score (nSPS) is 10.8. The summed E-state index contributed by atoms with van der Waals surface area (Å²) < 4.78 is 11.5. The van der Waals surface area contributed by atoms with Crippen LogP contribution in [0, 0.1) is 0 Å². The third-order valence-corrected chi connectivity index (χ3v) is 4.63. The predicted octanol–water partition coefficient (Wildman–Crippen LogP) is 4.80. The molecule has 0 unspecified atom stereocenters. The predicted molar refractivity (Wildman–Crippen MR) is 105 cm³/mol. The number of hydrogen-bond donors (Lipinski definition) is 2. The van der Waals surface area contributed by atoms with Crippen molar-refractivity contribution in [1.82, 2.24) is 19.9 Å². The molecule has 2 aromatic carbocycles. The van der Waals surface area contributed by atoms with Crippen molar-refractivity contribution in [2.24, 2.45) is 0 Å². The van der Waals surface area contributed by atoms with E-state index >= 15 is 0 Å². The molecule has 2 heterocycles. The average Bonchev–Trinajstić information content (AvgIpc) is 3.40. The van der Waals surface area contributed by atoms with Gasteiger partial charge in [0.15, 0.2) is 11.5 Å². The van der Waals surface area contributed by atoms with Gasteiger partial charge in [-0.25, -0.2) is 9.97 Å². The van der Waals surface area contributed by atoms with Crippen LogP contribution in [0.3, 0.4) is 0 Å². The van der Waals surface area contributed by atoms with Crippen molar-refractivity contribution in [3.63, 3.8) is 0 Å². The van der Waals surface area contributed by atoms with Crippen LogP contribution in [0.15, 0.2) is 55.1 Å². The molecule has 4 rings (SSSR count). The first-order valence-corrected chi connectivity index (χ1v) is 8.65. The topological polar surface area (TPSA) is 75.8 Å². The van der Waals surface area contributed by atoms with Gasteiger partial charge in [0.05, 0.1) is 25.3 Å². The zero-order valence-corrected chi connectivity index (χ0v) is 15.5. The largest absolute Gasteiger partial charge is 0.492 e. The van der Waals surface area contributed by atoms with Crippen LogP contribution in [-0.4, -0.2) is 34.2 Å². The molecule has 4 aromatic rings. The highest BCUT2D eigenvalue weighted by Crippen LogP contribution is 2.49. The lowest BCUT2D eigenvalue weighted by Crippen LogP contribution is -2.00. The number of halogens is 1. The number of aromatic nitrogens is 4. The Bertz CT molecular complexity index is 1060. The molecule has 0 saturated carbocycles. The van der Waals surface area contributed by atoms with Gasteiger partial charge in [-0.3, -0.25) is 0 Å². The molecular weight excluding hydrogens is 364 g/mol. The van der Waals surface area contributed by atoms with Gasteiger partial charge in [-0.15, -0.1) is 0 Å². The van der Waals surface area contributed by atoms with E-state index in [1.165, 1.54) is 0 Å². The second kappa shape index (κ2) is 7.17. The van der Waals surface area contributed by atoms with Crippen molar-refractivity contribution in [3.05, 3.63) is 60.1 Å². The van der Waals surface area contributed by atoms with E-state index in [4.69, 9.17) is 21.1 Å². The highest BCUT2D eigenvalue weighted by molar-refractivity contribution is 6.33. The van der Waals surface area contributed by atoms with Crippen molar-refractivity contribution >= 4 is 11.6 Å². The lowest BCUT2D eigenvalue weighted by molar-refractivity contribution is 0.357. The minimum absolute atomic E-state index is 0.552. The SMILES string of the molecule is COc1c(-c2ncc[nH]2)cc(-c2ccccc2Cl)c(-c2ncc[nH]2)c1OC. The van der Waals surface area contributed by atoms with Crippen molar-refractivity contribution in [3.8, 4) is 45.4 Å². The fourth-order valence-electron chi connectivity index (χ4n) is 3.16. The van der Waals surface area contributed by atoms with E-state index in [1.807, 2.05) is 30.3 Å². The van der Waals surface area contributed by atoms with Crippen LogP contribution in [0.2, 0.25) is 5.02 Å². The summed E-state index contributed by atoms with van der Waals surface area (Å²) in [4.78, 5) is 15.1. The zero-order chi connectivity index (χ0) is 18.8. The maximum atomic E-state index is 6.51. The summed E-state index contributed by atoms with van der Waals surface area (Å²) in [5, 5.41) is 0.628. The Morgan fingerprint density at radius 2 is 1.48 bits per heavy atom. The van der Waals surface area contributed by atoms with Crippen molar-refractivity contribution in [2.45, 2.75) is 0 Å². The standard InChI is InChI=1S/C20H17ClN4O2/c1-26-17-14(19-22-7-8-23-19)11-13(12-5-3-4-6-15(12)21)16(18(17)27-2)20-24-9-10-25-20/h3-11H,1-2H3,(H,22,23)(H,24,25). The molecule has 0 aliphatic carbocycles. The molecule has 7 heteroatoms. The first kappa shape index (κ1) is 17.2. The number of benzene rings is 2. The lowest BCUT2D eigenvalue weighted by Gasteiger charge is -2.19. The summed E-state index contributed by atoms with van der Waals surface area (Å²) in [7, 11) is 3.21. The van der Waals surface area contributed by atoms with Gasteiger partial charge in [0, 0.05) is 35.4 Å². The minimum Gasteiger partial charge on any atom is -0.492 e. The molecule has 2 aromatic heterocycles. The third kappa shape index (κ3) is 2.94. The fraction of sp³-hybridized carbons (Fsp3) is 0.100. The van der Waals surface area contributed by atoms with Crippen LogP contribution in [-0.2, 0) is 0 Å². The van der Waals surface area contributed by atoms with E-state index in [9.17, 15) is 0 Å². The Morgan fingerprint density at radius 1 is 0.815 bits per heavy atom. The van der Waals surface area contributed by atoms with Gasteiger partial charge in [-0.05, 0) is 17.7 Å². The molecule has 6 nitrogen and oxygen atoms in total. The second-order valence-corrected chi connectivity index (χ2v) is 6.18. The monoisotopic (exact) mass is 380 g/mol. The molecule has 0 atom stereocenters. The van der Waals surface area contributed by atoms with Gasteiger partial charge < -0.3 is 19.4 Å². The summed E-state index contributed by atoms with van der Waals surface area (Å²) in [6.45, 7) is 0. The van der Waals surface area contributed by atoms with Crippen LogP contribution in [0.4, 0.5) is 0 Å². The number of nitrogens with one attached hydrogen (secondary N) is 2. The zero-order valence-electron chi connectivity index (χ0n) is 14.8. The molecule has 0 aliphatic rings. The molecule has 0 saturated heterocycles. The smallest absolute Gasteiger partial charge is 0.173 e. The Kier molecular flexibility index (Phi) is 4.56. The number of rotatable bonds is 5. The molecule has 0 bridgehead atoms. The van der Waals surface area contributed by atoms with E-state index in [2.05, 4.69) is 19.9 Å². The van der Waals surface area contributed by atoms with E-state index < -0.39 is 0 Å². The van der Waals surface area contributed by atoms with E-state index in [1.54, 1.807) is 39.0 Å². The van der Waals surface area contributed by atoms with Gasteiger partial charge in [-0.2, -0.15) is 0 Å². The average molecular weight is 381 g/mol. The van der Waals surface area contributed by atoms with Crippen LogP contribution in [0.1, 0.15) is 0 Å². The van der Waals surface area contributed by atoms with Crippen molar-refractivity contribution in [2.75, 3.05) is 14.2 Å². The quantitative estimate of drug-likeness (QED) is 0.521. The van der Waals surface area contributed by atoms with E-state index in [0.29, 0.717) is 28.2 Å². The maximum Gasteiger partial charge on any atom is 0.173 e. The van der Waals surface area contributed by atoms with Gasteiger partial charge in [0.1, 0.15) is 11.6 Å². The van der Waals surface area contributed by atoms with E-state index in [-0.39, 0.29) is 0 Å². The van der Waals surface area contributed by atoms with Crippen LogP contribution < -0.4 is 9.47 Å². The first-order chi connectivity index (χ1) is 13.2. The highest BCUT2D eigenvalue weighted by atomic mass is 35.5. The van der Waals surface area contributed by atoms with Crippen LogP contribution >= 0.6 is 11.6 Å². The summed E-state index contributed by atoms with van der Waals surface area (Å²) in [6, 6.07) is 9.64. The summed E-state index contributed by atoms with van der Waals surface area (Å²) >= 11 is 6.51. The molecule has 2 N–H and O–H groups in total. The molecule has 0 fully saturated rings. The summed E-state index contributed by atoms with van der Waals surface area (Å²) in [6.07, 6.45) is 6.91. The minimum atomic E-state index is 0.552. The molecule has 0 radical (unpaired) electrons. The lowest BCUT2D eigenvalue weighted by atomic mass is 9.94. The Balaban J connectivity index is 2.12. The fourth-order valence-corrected chi connectivity index (χ4v) is 3.39. The Morgan fingerprint density at radius 3 is 2.07 bits per heavy atom. The number of hydrogen-bond acceptors (Lipinski definition) is 4. The van der Waals surface area contributed by atoms with E-state index in [0.717, 1.165) is 22.3 Å². The number of imidazole rings is 2. The second-order valence-electron chi connectivity index (χ2n) is 5.77. The molecule has 0 amide bonds. The first-order valence-electron chi connectivity index (χ1n) is 8.28. The van der Waals surface area contributed by atoms with Gasteiger partial charge in [0.2, 0.25) is 0 Å². The third-order valence-electron chi connectivity index (χ3n) is 4.30.